The molecule has 2 rings (SSSR count). The summed E-state index contributed by atoms with van der Waals surface area (Å²) in [5.41, 5.74) is 0. The number of guanidine groups is 1. The first-order valence-electron chi connectivity index (χ1n) is 11.6. The van der Waals surface area contributed by atoms with Crippen molar-refractivity contribution >= 4 is 29.9 Å². The summed E-state index contributed by atoms with van der Waals surface area (Å²) in [5.74, 6) is 1.74. The highest BCUT2D eigenvalue weighted by molar-refractivity contribution is 14.0. The lowest BCUT2D eigenvalue weighted by Crippen LogP contribution is -2.49. The molecule has 1 N–H and O–H groups in total. The van der Waals surface area contributed by atoms with E-state index in [2.05, 4.69) is 35.9 Å². The van der Waals surface area contributed by atoms with Gasteiger partial charge in [-0.1, -0.05) is 13.8 Å². The van der Waals surface area contributed by atoms with Crippen LogP contribution in [0.15, 0.2) is 4.99 Å². The topological polar surface area (TPSA) is 58.6 Å². The number of hydrogen-bond donors (Lipinski definition) is 1. The van der Waals surface area contributed by atoms with Gasteiger partial charge in [-0.05, 0) is 38.5 Å². The largest absolute Gasteiger partial charge is 0.385 e. The molecule has 1 atom stereocenters. The highest BCUT2D eigenvalue weighted by Gasteiger charge is 2.24. The van der Waals surface area contributed by atoms with Gasteiger partial charge in [0.1, 0.15) is 0 Å². The second-order valence-corrected chi connectivity index (χ2v) is 8.53. The van der Waals surface area contributed by atoms with E-state index < -0.39 is 0 Å². The number of likely N-dealkylation sites (tertiary alicyclic amines) is 1. The van der Waals surface area contributed by atoms with E-state index in [1.807, 2.05) is 0 Å². The Morgan fingerprint density at radius 2 is 1.83 bits per heavy atom. The van der Waals surface area contributed by atoms with Gasteiger partial charge in [-0.25, -0.2) is 0 Å². The van der Waals surface area contributed by atoms with Gasteiger partial charge in [0.05, 0.1) is 25.9 Å². The smallest absolute Gasteiger partial charge is 0.193 e. The molecule has 0 radical (unpaired) electrons. The molecule has 0 aromatic heterocycles. The van der Waals surface area contributed by atoms with Crippen LogP contribution in [0.5, 0.6) is 0 Å². The maximum absolute atomic E-state index is 6.01. The monoisotopic (exact) mass is 540 g/mol. The van der Waals surface area contributed by atoms with Crippen LogP contribution in [-0.2, 0) is 14.2 Å². The van der Waals surface area contributed by atoms with E-state index in [0.717, 1.165) is 90.9 Å². The number of aliphatic imine (C=N–C) groups is 1. The van der Waals surface area contributed by atoms with Crippen LogP contribution in [-0.4, -0.2) is 101 Å². The number of nitrogens with one attached hydrogen (secondary N) is 1. The summed E-state index contributed by atoms with van der Waals surface area (Å²) in [4.78, 5) is 10.0. The Bertz CT molecular complexity index is 454. The number of methoxy groups -OCH3 is 1. The zero-order valence-electron chi connectivity index (χ0n) is 19.6. The molecule has 8 heteroatoms. The van der Waals surface area contributed by atoms with Crippen molar-refractivity contribution in [1.82, 2.24) is 15.1 Å². The van der Waals surface area contributed by atoms with Crippen molar-refractivity contribution in [2.45, 2.75) is 58.6 Å². The molecular weight excluding hydrogens is 495 g/mol. The summed E-state index contributed by atoms with van der Waals surface area (Å²) in [6.07, 6.45) is 4.65. The van der Waals surface area contributed by atoms with Gasteiger partial charge >= 0.3 is 0 Å². The molecule has 178 valence electrons. The molecule has 2 heterocycles. The van der Waals surface area contributed by atoms with Crippen LogP contribution in [0.25, 0.3) is 0 Å². The molecule has 30 heavy (non-hydrogen) atoms. The molecule has 0 aliphatic carbocycles. The number of ether oxygens (including phenoxy) is 3. The predicted octanol–water partition coefficient (Wildman–Crippen LogP) is 2.83. The van der Waals surface area contributed by atoms with Gasteiger partial charge in [-0.2, -0.15) is 0 Å². The van der Waals surface area contributed by atoms with E-state index in [1.165, 1.54) is 6.42 Å². The zero-order valence-corrected chi connectivity index (χ0v) is 21.9. The van der Waals surface area contributed by atoms with E-state index in [0.29, 0.717) is 18.1 Å². The first-order chi connectivity index (χ1) is 14.1. The van der Waals surface area contributed by atoms with Crippen molar-refractivity contribution in [3.05, 3.63) is 0 Å². The fraction of sp³-hybridized carbons (Fsp3) is 0.955. The summed E-state index contributed by atoms with van der Waals surface area (Å²) >= 11 is 0. The molecule has 0 amide bonds. The van der Waals surface area contributed by atoms with Gasteiger partial charge in [0.25, 0.3) is 0 Å². The van der Waals surface area contributed by atoms with Crippen molar-refractivity contribution in [3.63, 3.8) is 0 Å². The molecule has 0 saturated carbocycles. The number of halogens is 1. The van der Waals surface area contributed by atoms with Gasteiger partial charge < -0.3 is 24.4 Å². The van der Waals surface area contributed by atoms with Crippen molar-refractivity contribution in [2.75, 3.05) is 72.8 Å². The minimum absolute atomic E-state index is 0. The normalized spacial score (nSPS) is 20.3. The van der Waals surface area contributed by atoms with Gasteiger partial charge in [-0.3, -0.25) is 9.89 Å². The second-order valence-electron chi connectivity index (χ2n) is 8.53. The summed E-state index contributed by atoms with van der Waals surface area (Å²) in [5, 5.41) is 3.51. The van der Waals surface area contributed by atoms with Crippen LogP contribution < -0.4 is 5.32 Å². The van der Waals surface area contributed by atoms with Crippen molar-refractivity contribution in [3.8, 4) is 0 Å². The predicted molar refractivity (Wildman–Crippen MR) is 134 cm³/mol. The van der Waals surface area contributed by atoms with Gasteiger partial charge in [-0.15, -0.1) is 24.0 Å². The second kappa shape index (κ2) is 16.5. The molecule has 0 bridgehead atoms. The molecule has 0 spiro atoms. The van der Waals surface area contributed by atoms with Crippen LogP contribution in [0.2, 0.25) is 0 Å². The standard InChI is InChI=1S/C22H44N4O3.HI/c1-5-23-22(26-9-7-21(8-10-26)29-14-6-13-27-4)24-18-20(17-19(2)3)25-11-15-28-16-12-25;/h19-21H,5-18H2,1-4H3,(H,23,24);1H. The Morgan fingerprint density at radius 3 is 2.43 bits per heavy atom. The summed E-state index contributed by atoms with van der Waals surface area (Å²) < 4.78 is 16.7. The van der Waals surface area contributed by atoms with Crippen molar-refractivity contribution in [1.29, 1.82) is 0 Å². The Morgan fingerprint density at radius 1 is 1.13 bits per heavy atom. The Hall–Kier alpha value is -0.160. The average Bonchev–Trinajstić information content (AvgIpc) is 2.74. The van der Waals surface area contributed by atoms with E-state index in [9.17, 15) is 0 Å². The van der Waals surface area contributed by atoms with Crippen molar-refractivity contribution in [2.24, 2.45) is 10.9 Å². The first kappa shape index (κ1) is 27.9. The van der Waals surface area contributed by atoms with Crippen LogP contribution in [0.1, 0.15) is 46.5 Å². The number of nitrogens with zero attached hydrogens (tertiary/aromatic N) is 3. The quantitative estimate of drug-likeness (QED) is 0.188. The molecule has 2 aliphatic heterocycles. The maximum atomic E-state index is 6.01. The van der Waals surface area contributed by atoms with E-state index in [1.54, 1.807) is 7.11 Å². The molecule has 7 nitrogen and oxygen atoms in total. The molecule has 2 fully saturated rings. The minimum Gasteiger partial charge on any atom is -0.385 e. The first-order valence-corrected chi connectivity index (χ1v) is 11.6. The van der Waals surface area contributed by atoms with Gasteiger partial charge in [0.2, 0.25) is 0 Å². The van der Waals surface area contributed by atoms with Crippen LogP contribution in [0.4, 0.5) is 0 Å². The molecule has 0 aromatic carbocycles. The zero-order chi connectivity index (χ0) is 20.9. The average molecular weight is 541 g/mol. The fourth-order valence-electron chi connectivity index (χ4n) is 4.13. The van der Waals surface area contributed by atoms with Gasteiger partial charge in [0.15, 0.2) is 5.96 Å². The molecular formula is C22H45IN4O3. The lowest BCUT2D eigenvalue weighted by atomic mass is 10.0. The number of hydrogen-bond acceptors (Lipinski definition) is 5. The number of morpholine rings is 1. The third-order valence-corrected chi connectivity index (χ3v) is 5.68. The highest BCUT2D eigenvalue weighted by atomic mass is 127. The Labute approximate surface area is 201 Å². The van der Waals surface area contributed by atoms with Crippen molar-refractivity contribution < 1.29 is 14.2 Å². The Balaban J connectivity index is 0.00000450. The minimum atomic E-state index is 0. The molecule has 2 aliphatic rings. The third-order valence-electron chi connectivity index (χ3n) is 5.68. The van der Waals surface area contributed by atoms with E-state index >= 15 is 0 Å². The highest BCUT2D eigenvalue weighted by Crippen LogP contribution is 2.16. The van der Waals surface area contributed by atoms with Crippen LogP contribution in [0, 0.1) is 5.92 Å². The Kier molecular flexibility index (Phi) is 15.3. The summed E-state index contributed by atoms with van der Waals surface area (Å²) in [6.45, 7) is 15.8. The van der Waals surface area contributed by atoms with E-state index in [-0.39, 0.29) is 24.0 Å². The number of rotatable bonds is 11. The molecule has 2 saturated heterocycles. The molecule has 1 unspecified atom stereocenters. The maximum Gasteiger partial charge on any atom is 0.193 e. The fourth-order valence-corrected chi connectivity index (χ4v) is 4.13. The van der Waals surface area contributed by atoms with Crippen LogP contribution >= 0.6 is 24.0 Å². The SMILES string of the molecule is CCNC(=NCC(CC(C)C)N1CCOCC1)N1CCC(OCCCOC)CC1.I. The van der Waals surface area contributed by atoms with E-state index in [4.69, 9.17) is 19.2 Å². The number of piperidine rings is 1. The third kappa shape index (κ3) is 10.4. The lowest BCUT2D eigenvalue weighted by molar-refractivity contribution is 0.00949. The van der Waals surface area contributed by atoms with Crippen LogP contribution in [0.3, 0.4) is 0 Å². The summed E-state index contributed by atoms with van der Waals surface area (Å²) in [6, 6.07) is 0.495. The van der Waals surface area contributed by atoms with Gasteiger partial charge in [0, 0.05) is 59.1 Å². The lowest BCUT2D eigenvalue weighted by Gasteiger charge is -2.36. The summed E-state index contributed by atoms with van der Waals surface area (Å²) in [7, 11) is 1.74. The molecule has 0 aromatic rings.